The van der Waals surface area contributed by atoms with Gasteiger partial charge in [0.2, 0.25) is 15.9 Å². The molecule has 5 nitrogen and oxygen atoms in total. The van der Waals surface area contributed by atoms with Gasteiger partial charge in [-0.3, -0.25) is 9.10 Å². The molecule has 1 unspecified atom stereocenters. The topological polar surface area (TPSA) is 66.5 Å². The number of benzene rings is 1. The standard InChI is InChI=1S/C14H22N2O3S/c1-5-12(3)15-14(17)10-16(20(4,18)19)13-8-6-7-11(2)9-13/h6-9,12H,5,10H2,1-4H3,(H,15,17). The van der Waals surface area contributed by atoms with Crippen LogP contribution >= 0.6 is 0 Å². The van der Waals surface area contributed by atoms with Gasteiger partial charge in [-0.15, -0.1) is 0 Å². The Morgan fingerprint density at radius 1 is 1.40 bits per heavy atom. The third kappa shape index (κ3) is 4.85. The van der Waals surface area contributed by atoms with Gasteiger partial charge in [0.05, 0.1) is 11.9 Å². The largest absolute Gasteiger partial charge is 0.352 e. The molecule has 1 aromatic carbocycles. The van der Waals surface area contributed by atoms with Crippen LogP contribution in [0.15, 0.2) is 24.3 Å². The molecule has 0 radical (unpaired) electrons. The summed E-state index contributed by atoms with van der Waals surface area (Å²) in [6.45, 7) is 5.52. The number of sulfonamides is 1. The number of nitrogens with zero attached hydrogens (tertiary/aromatic N) is 1. The van der Waals surface area contributed by atoms with Crippen LogP contribution in [0.1, 0.15) is 25.8 Å². The van der Waals surface area contributed by atoms with E-state index >= 15 is 0 Å². The lowest BCUT2D eigenvalue weighted by Crippen LogP contribution is -2.43. The molecule has 0 heterocycles. The molecule has 0 aliphatic carbocycles. The van der Waals surface area contributed by atoms with Crippen LogP contribution in [0.5, 0.6) is 0 Å². The van der Waals surface area contributed by atoms with Gasteiger partial charge in [-0.25, -0.2) is 8.42 Å². The number of amides is 1. The zero-order valence-corrected chi connectivity index (χ0v) is 13.2. The monoisotopic (exact) mass is 298 g/mol. The minimum absolute atomic E-state index is 0.0291. The first-order valence-electron chi connectivity index (χ1n) is 6.57. The Balaban J connectivity index is 2.95. The molecule has 20 heavy (non-hydrogen) atoms. The Bertz CT molecular complexity index is 570. The summed E-state index contributed by atoms with van der Waals surface area (Å²) in [6.07, 6.45) is 1.90. The molecule has 1 amide bonds. The number of aryl methyl sites for hydroxylation is 1. The molecular weight excluding hydrogens is 276 g/mol. The summed E-state index contributed by atoms with van der Waals surface area (Å²) in [5, 5.41) is 2.77. The second-order valence-electron chi connectivity index (χ2n) is 4.99. The highest BCUT2D eigenvalue weighted by atomic mass is 32.2. The molecular formula is C14H22N2O3S. The third-order valence-electron chi connectivity index (χ3n) is 3.00. The molecule has 0 spiro atoms. The highest BCUT2D eigenvalue weighted by Gasteiger charge is 2.21. The smallest absolute Gasteiger partial charge is 0.240 e. The van der Waals surface area contributed by atoms with E-state index in [9.17, 15) is 13.2 Å². The Kier molecular flexibility index (Phi) is 5.56. The third-order valence-corrected chi connectivity index (χ3v) is 4.14. The summed E-state index contributed by atoms with van der Waals surface area (Å²) in [6, 6.07) is 7.11. The van der Waals surface area contributed by atoms with Gasteiger partial charge in [-0.2, -0.15) is 0 Å². The van der Waals surface area contributed by atoms with Gasteiger partial charge >= 0.3 is 0 Å². The summed E-state index contributed by atoms with van der Waals surface area (Å²) >= 11 is 0. The molecule has 0 saturated carbocycles. The van der Waals surface area contributed by atoms with Crippen molar-refractivity contribution in [2.75, 3.05) is 17.1 Å². The fraction of sp³-hybridized carbons (Fsp3) is 0.500. The Morgan fingerprint density at radius 3 is 2.55 bits per heavy atom. The summed E-state index contributed by atoms with van der Waals surface area (Å²) < 4.78 is 24.9. The number of nitrogens with one attached hydrogen (secondary N) is 1. The van der Waals surface area contributed by atoms with E-state index in [2.05, 4.69) is 5.32 Å². The minimum atomic E-state index is -3.50. The number of hydrogen-bond donors (Lipinski definition) is 1. The van der Waals surface area contributed by atoms with Gasteiger partial charge in [-0.05, 0) is 38.0 Å². The maximum atomic E-state index is 11.9. The second kappa shape index (κ2) is 6.74. The van der Waals surface area contributed by atoms with Gasteiger partial charge < -0.3 is 5.32 Å². The van der Waals surface area contributed by atoms with Crippen molar-refractivity contribution in [1.29, 1.82) is 0 Å². The SMILES string of the molecule is CCC(C)NC(=O)CN(c1cccc(C)c1)S(C)(=O)=O. The lowest BCUT2D eigenvalue weighted by atomic mass is 10.2. The maximum Gasteiger partial charge on any atom is 0.240 e. The molecule has 1 rings (SSSR count). The summed E-state index contributed by atoms with van der Waals surface area (Å²) in [4.78, 5) is 11.9. The Morgan fingerprint density at radius 2 is 2.05 bits per heavy atom. The molecule has 1 aromatic rings. The molecule has 1 atom stereocenters. The van der Waals surface area contributed by atoms with Crippen LogP contribution < -0.4 is 9.62 Å². The van der Waals surface area contributed by atoms with Crippen LogP contribution in [0.25, 0.3) is 0 Å². The molecule has 0 bridgehead atoms. The molecule has 0 fully saturated rings. The van der Waals surface area contributed by atoms with Crippen molar-refractivity contribution in [3.05, 3.63) is 29.8 Å². The number of anilines is 1. The van der Waals surface area contributed by atoms with Crippen LogP contribution in [0.4, 0.5) is 5.69 Å². The van der Waals surface area contributed by atoms with Crippen LogP contribution in [-0.2, 0) is 14.8 Å². The predicted molar refractivity (Wildman–Crippen MR) is 81.3 cm³/mol. The summed E-state index contributed by atoms with van der Waals surface area (Å²) in [7, 11) is -3.50. The lowest BCUT2D eigenvalue weighted by Gasteiger charge is -2.23. The fourth-order valence-electron chi connectivity index (χ4n) is 1.74. The lowest BCUT2D eigenvalue weighted by molar-refractivity contribution is -0.120. The van der Waals surface area contributed by atoms with Crippen molar-refractivity contribution in [1.82, 2.24) is 5.32 Å². The highest BCUT2D eigenvalue weighted by Crippen LogP contribution is 2.18. The normalized spacial score (nSPS) is 12.8. The maximum absolute atomic E-state index is 11.9. The average Bonchev–Trinajstić information content (AvgIpc) is 2.34. The molecule has 6 heteroatoms. The van der Waals surface area contributed by atoms with E-state index in [1.807, 2.05) is 26.8 Å². The van der Waals surface area contributed by atoms with E-state index in [0.717, 1.165) is 22.5 Å². The van der Waals surface area contributed by atoms with Crippen LogP contribution in [-0.4, -0.2) is 33.2 Å². The molecule has 0 aliphatic heterocycles. The van der Waals surface area contributed by atoms with E-state index in [1.54, 1.807) is 18.2 Å². The first-order valence-corrected chi connectivity index (χ1v) is 8.42. The zero-order chi connectivity index (χ0) is 15.3. The van der Waals surface area contributed by atoms with Crippen molar-refractivity contribution >= 4 is 21.6 Å². The first kappa shape index (κ1) is 16.5. The quantitative estimate of drug-likeness (QED) is 0.869. The molecule has 0 aromatic heterocycles. The van der Waals surface area contributed by atoms with Crippen LogP contribution in [0.2, 0.25) is 0 Å². The number of carbonyl (C=O) groups is 1. The van der Waals surface area contributed by atoms with Crippen molar-refractivity contribution in [3.8, 4) is 0 Å². The van der Waals surface area contributed by atoms with E-state index in [1.165, 1.54) is 0 Å². The van der Waals surface area contributed by atoms with Crippen molar-refractivity contribution < 1.29 is 13.2 Å². The van der Waals surface area contributed by atoms with Crippen LogP contribution in [0, 0.1) is 6.92 Å². The van der Waals surface area contributed by atoms with Crippen molar-refractivity contribution in [2.45, 2.75) is 33.2 Å². The molecule has 0 aliphatic rings. The molecule has 112 valence electrons. The fourth-order valence-corrected chi connectivity index (χ4v) is 2.58. The molecule has 1 N–H and O–H groups in total. The van der Waals surface area contributed by atoms with Gasteiger partial charge in [0.25, 0.3) is 0 Å². The zero-order valence-electron chi connectivity index (χ0n) is 12.4. The van der Waals surface area contributed by atoms with E-state index in [4.69, 9.17) is 0 Å². The molecule has 0 saturated heterocycles. The second-order valence-corrected chi connectivity index (χ2v) is 6.89. The Hall–Kier alpha value is -1.56. The minimum Gasteiger partial charge on any atom is -0.352 e. The van der Waals surface area contributed by atoms with E-state index < -0.39 is 10.0 Å². The number of rotatable bonds is 6. The van der Waals surface area contributed by atoms with Gasteiger partial charge in [-0.1, -0.05) is 19.1 Å². The van der Waals surface area contributed by atoms with Gasteiger partial charge in [0, 0.05) is 6.04 Å². The van der Waals surface area contributed by atoms with Crippen molar-refractivity contribution in [2.24, 2.45) is 0 Å². The van der Waals surface area contributed by atoms with Crippen molar-refractivity contribution in [3.63, 3.8) is 0 Å². The van der Waals surface area contributed by atoms with Crippen LogP contribution in [0.3, 0.4) is 0 Å². The van der Waals surface area contributed by atoms with Gasteiger partial charge in [0.1, 0.15) is 6.54 Å². The number of carbonyl (C=O) groups excluding carboxylic acids is 1. The predicted octanol–water partition coefficient (Wildman–Crippen LogP) is 1.68. The number of hydrogen-bond acceptors (Lipinski definition) is 3. The average molecular weight is 298 g/mol. The summed E-state index contributed by atoms with van der Waals surface area (Å²) in [5.41, 5.74) is 1.45. The summed E-state index contributed by atoms with van der Waals surface area (Å²) in [5.74, 6) is -0.300. The van der Waals surface area contributed by atoms with E-state index in [-0.39, 0.29) is 18.5 Å². The van der Waals surface area contributed by atoms with E-state index in [0.29, 0.717) is 5.69 Å². The highest BCUT2D eigenvalue weighted by molar-refractivity contribution is 7.92. The van der Waals surface area contributed by atoms with Gasteiger partial charge in [0.15, 0.2) is 0 Å². The Labute approximate surface area is 121 Å². The first-order chi connectivity index (χ1) is 9.24.